The molecule has 102 valence electrons. The summed E-state index contributed by atoms with van der Waals surface area (Å²) < 4.78 is 5.97. The van der Waals surface area contributed by atoms with E-state index < -0.39 is 0 Å². The fourth-order valence-electron chi connectivity index (χ4n) is 2.17. The van der Waals surface area contributed by atoms with Crippen LogP contribution in [0.25, 0.3) is 10.3 Å². The zero-order valence-corrected chi connectivity index (χ0v) is 11.9. The topological polar surface area (TPSA) is 60.7 Å². The van der Waals surface area contributed by atoms with Gasteiger partial charge >= 0.3 is 0 Å². The first kappa shape index (κ1) is 12.9. The lowest BCUT2D eigenvalue weighted by atomic mass is 10.1. The van der Waals surface area contributed by atoms with Crippen molar-refractivity contribution in [2.75, 3.05) is 0 Å². The Morgan fingerprint density at radius 1 is 1.30 bits per heavy atom. The SMILES string of the molecule is CC(CCc1ccccc1)n1cnc2nnsc2c1=O. The quantitative estimate of drug-likeness (QED) is 0.739. The second kappa shape index (κ2) is 5.50. The highest BCUT2D eigenvalue weighted by Gasteiger charge is 2.12. The molecular weight excluding hydrogens is 272 g/mol. The molecule has 0 amide bonds. The van der Waals surface area contributed by atoms with Gasteiger partial charge in [0.1, 0.15) is 6.33 Å². The zero-order chi connectivity index (χ0) is 13.9. The van der Waals surface area contributed by atoms with Crippen molar-refractivity contribution in [3.63, 3.8) is 0 Å². The van der Waals surface area contributed by atoms with Gasteiger partial charge in [0.2, 0.25) is 5.65 Å². The summed E-state index contributed by atoms with van der Waals surface area (Å²) in [5.74, 6) is 0. The molecule has 1 unspecified atom stereocenters. The first-order chi connectivity index (χ1) is 9.75. The molecular formula is C14H14N4OS. The Balaban J connectivity index is 1.80. The van der Waals surface area contributed by atoms with Crippen LogP contribution in [0.2, 0.25) is 0 Å². The summed E-state index contributed by atoms with van der Waals surface area (Å²) in [7, 11) is 0. The van der Waals surface area contributed by atoms with Crippen LogP contribution in [-0.4, -0.2) is 19.1 Å². The highest BCUT2D eigenvalue weighted by molar-refractivity contribution is 7.12. The third-order valence-electron chi connectivity index (χ3n) is 3.37. The van der Waals surface area contributed by atoms with Crippen LogP contribution in [0.5, 0.6) is 0 Å². The zero-order valence-electron chi connectivity index (χ0n) is 11.1. The van der Waals surface area contributed by atoms with Crippen molar-refractivity contribution in [1.82, 2.24) is 19.1 Å². The van der Waals surface area contributed by atoms with Crippen LogP contribution < -0.4 is 5.56 Å². The van der Waals surface area contributed by atoms with E-state index >= 15 is 0 Å². The smallest absolute Gasteiger partial charge is 0.274 e. The van der Waals surface area contributed by atoms with E-state index in [0.29, 0.717) is 10.3 Å². The molecule has 0 aliphatic rings. The summed E-state index contributed by atoms with van der Waals surface area (Å²) in [6, 6.07) is 10.4. The monoisotopic (exact) mass is 286 g/mol. The van der Waals surface area contributed by atoms with E-state index in [4.69, 9.17) is 0 Å². The third kappa shape index (κ3) is 2.46. The Hall–Kier alpha value is -2.08. The Labute approximate surface area is 120 Å². The van der Waals surface area contributed by atoms with Crippen molar-refractivity contribution in [2.24, 2.45) is 0 Å². The van der Waals surface area contributed by atoms with Crippen LogP contribution in [0.1, 0.15) is 24.9 Å². The van der Waals surface area contributed by atoms with Gasteiger partial charge in [-0.15, -0.1) is 5.10 Å². The van der Waals surface area contributed by atoms with Crippen molar-refractivity contribution in [2.45, 2.75) is 25.8 Å². The predicted molar refractivity (Wildman–Crippen MR) is 78.9 cm³/mol. The molecule has 2 aromatic heterocycles. The minimum absolute atomic E-state index is 0.0504. The number of aromatic nitrogens is 4. The highest BCUT2D eigenvalue weighted by atomic mass is 32.1. The van der Waals surface area contributed by atoms with E-state index in [2.05, 4.69) is 26.7 Å². The molecule has 3 aromatic rings. The molecule has 0 saturated heterocycles. The first-order valence-corrected chi connectivity index (χ1v) is 7.26. The van der Waals surface area contributed by atoms with E-state index in [1.54, 1.807) is 10.9 Å². The van der Waals surface area contributed by atoms with Crippen molar-refractivity contribution in [3.05, 3.63) is 52.6 Å². The number of fused-ring (bicyclic) bond motifs is 1. The molecule has 0 N–H and O–H groups in total. The minimum atomic E-state index is -0.0504. The summed E-state index contributed by atoms with van der Waals surface area (Å²) in [5.41, 5.74) is 1.66. The molecule has 5 nitrogen and oxygen atoms in total. The Morgan fingerprint density at radius 3 is 2.90 bits per heavy atom. The van der Waals surface area contributed by atoms with Crippen LogP contribution >= 0.6 is 11.5 Å². The van der Waals surface area contributed by atoms with Crippen molar-refractivity contribution in [3.8, 4) is 0 Å². The minimum Gasteiger partial charge on any atom is -0.295 e. The summed E-state index contributed by atoms with van der Waals surface area (Å²) in [6.07, 6.45) is 3.40. The molecule has 1 aromatic carbocycles. The summed E-state index contributed by atoms with van der Waals surface area (Å²) in [6.45, 7) is 2.03. The molecule has 1 atom stereocenters. The van der Waals surface area contributed by atoms with Crippen LogP contribution in [0.15, 0.2) is 41.5 Å². The van der Waals surface area contributed by atoms with E-state index in [1.807, 2.05) is 25.1 Å². The molecule has 0 radical (unpaired) electrons. The Morgan fingerprint density at radius 2 is 2.10 bits per heavy atom. The third-order valence-corrected chi connectivity index (χ3v) is 4.08. The molecule has 0 spiro atoms. The van der Waals surface area contributed by atoms with Gasteiger partial charge in [-0.3, -0.25) is 9.36 Å². The molecule has 0 aliphatic carbocycles. The van der Waals surface area contributed by atoms with Gasteiger partial charge in [0, 0.05) is 6.04 Å². The molecule has 6 heteroatoms. The largest absolute Gasteiger partial charge is 0.295 e. The maximum Gasteiger partial charge on any atom is 0.274 e. The lowest BCUT2D eigenvalue weighted by Crippen LogP contribution is -2.23. The van der Waals surface area contributed by atoms with Gasteiger partial charge in [-0.1, -0.05) is 34.8 Å². The van der Waals surface area contributed by atoms with Gasteiger partial charge in [-0.25, -0.2) is 4.98 Å². The number of benzene rings is 1. The fraction of sp³-hybridized carbons (Fsp3) is 0.286. The number of hydrogen-bond donors (Lipinski definition) is 0. The average molecular weight is 286 g/mol. The number of aryl methyl sites for hydroxylation is 1. The summed E-state index contributed by atoms with van der Waals surface area (Å²) in [5, 5.41) is 3.82. The van der Waals surface area contributed by atoms with Crippen molar-refractivity contribution in [1.29, 1.82) is 0 Å². The van der Waals surface area contributed by atoms with Gasteiger partial charge in [0.25, 0.3) is 5.56 Å². The standard InChI is InChI=1S/C14H14N4OS/c1-10(7-8-11-5-3-2-4-6-11)18-9-15-13-12(14(18)19)20-17-16-13/h2-6,9-10H,7-8H2,1H3. The number of nitrogens with zero attached hydrogens (tertiary/aromatic N) is 4. The Bertz CT molecular complexity index is 765. The number of hydrogen-bond acceptors (Lipinski definition) is 5. The number of rotatable bonds is 4. The van der Waals surface area contributed by atoms with Gasteiger partial charge < -0.3 is 0 Å². The molecule has 20 heavy (non-hydrogen) atoms. The average Bonchev–Trinajstić information content (AvgIpc) is 2.96. The molecule has 0 saturated carbocycles. The van der Waals surface area contributed by atoms with E-state index in [9.17, 15) is 4.79 Å². The summed E-state index contributed by atoms with van der Waals surface area (Å²) >= 11 is 1.10. The normalized spacial score (nSPS) is 12.7. The van der Waals surface area contributed by atoms with Gasteiger partial charge in [0.15, 0.2) is 4.70 Å². The Kier molecular flexibility index (Phi) is 3.56. The molecule has 0 fully saturated rings. The first-order valence-electron chi connectivity index (χ1n) is 6.49. The fourth-order valence-corrected chi connectivity index (χ4v) is 2.72. The lowest BCUT2D eigenvalue weighted by molar-refractivity contribution is 0.489. The van der Waals surface area contributed by atoms with Gasteiger partial charge in [0.05, 0.1) is 0 Å². The molecule has 3 rings (SSSR count). The van der Waals surface area contributed by atoms with Crippen LogP contribution in [0.4, 0.5) is 0 Å². The van der Waals surface area contributed by atoms with Crippen LogP contribution in [-0.2, 0) is 6.42 Å². The van der Waals surface area contributed by atoms with Gasteiger partial charge in [-0.05, 0) is 36.9 Å². The molecule has 2 heterocycles. The maximum absolute atomic E-state index is 12.3. The highest BCUT2D eigenvalue weighted by Crippen LogP contribution is 2.14. The maximum atomic E-state index is 12.3. The second-order valence-corrected chi connectivity index (χ2v) is 5.51. The van der Waals surface area contributed by atoms with Crippen molar-refractivity contribution < 1.29 is 0 Å². The second-order valence-electron chi connectivity index (χ2n) is 4.76. The molecule has 0 bridgehead atoms. The van der Waals surface area contributed by atoms with Crippen molar-refractivity contribution >= 4 is 21.9 Å². The van der Waals surface area contributed by atoms with Crippen LogP contribution in [0.3, 0.4) is 0 Å². The van der Waals surface area contributed by atoms with Crippen LogP contribution in [0, 0.1) is 0 Å². The molecule has 0 aliphatic heterocycles. The lowest BCUT2D eigenvalue weighted by Gasteiger charge is -2.14. The predicted octanol–water partition coefficient (Wildman–Crippen LogP) is 2.44. The van der Waals surface area contributed by atoms with Gasteiger partial charge in [-0.2, -0.15) is 0 Å². The van der Waals surface area contributed by atoms with E-state index in [0.717, 1.165) is 24.4 Å². The van der Waals surface area contributed by atoms with E-state index in [1.165, 1.54) is 5.56 Å². The summed E-state index contributed by atoms with van der Waals surface area (Å²) in [4.78, 5) is 16.5. The van der Waals surface area contributed by atoms with E-state index in [-0.39, 0.29) is 11.6 Å².